The summed E-state index contributed by atoms with van der Waals surface area (Å²) in [6, 6.07) is 13.8. The van der Waals surface area contributed by atoms with Crippen LogP contribution in [0, 0.1) is 11.3 Å². The Morgan fingerprint density at radius 2 is 1.88 bits per heavy atom. The zero-order chi connectivity index (χ0) is 24.2. The minimum atomic E-state index is -0.114. The fourth-order valence-electron chi connectivity index (χ4n) is 3.78. The molecule has 170 valence electrons. The number of anilines is 1. The van der Waals surface area contributed by atoms with Gasteiger partial charge < -0.3 is 14.4 Å². The molecular weight excluding hydrogens is 424 g/mol. The summed E-state index contributed by atoms with van der Waals surface area (Å²) in [7, 11) is 7.60. The molecule has 0 aliphatic heterocycles. The highest BCUT2D eigenvalue weighted by Crippen LogP contribution is 2.33. The maximum atomic E-state index is 12.6. The van der Waals surface area contributed by atoms with Crippen molar-refractivity contribution in [2.75, 3.05) is 32.6 Å². The van der Waals surface area contributed by atoms with Crippen LogP contribution in [0.3, 0.4) is 0 Å². The average Bonchev–Trinajstić information content (AvgIpc) is 3.19. The first-order chi connectivity index (χ1) is 16.4. The van der Waals surface area contributed by atoms with Crippen LogP contribution >= 0.6 is 0 Å². The van der Waals surface area contributed by atoms with Crippen LogP contribution in [0.1, 0.15) is 5.56 Å². The molecule has 7 heteroatoms. The van der Waals surface area contributed by atoms with Crippen LogP contribution < -0.4 is 4.90 Å². The fourth-order valence-corrected chi connectivity index (χ4v) is 3.78. The topological polar surface area (TPSA) is 78.1 Å². The maximum Gasteiger partial charge on any atom is 0.250 e. The van der Waals surface area contributed by atoms with Crippen molar-refractivity contribution in [3.63, 3.8) is 0 Å². The molecule has 0 saturated heterocycles. The summed E-state index contributed by atoms with van der Waals surface area (Å²) in [5.41, 5.74) is 5.90. The van der Waals surface area contributed by atoms with E-state index in [1.807, 2.05) is 73.3 Å². The second kappa shape index (κ2) is 9.69. The molecule has 4 rings (SSSR count). The first kappa shape index (κ1) is 22.9. The van der Waals surface area contributed by atoms with E-state index in [0.29, 0.717) is 17.8 Å². The Morgan fingerprint density at radius 3 is 2.65 bits per heavy atom. The summed E-state index contributed by atoms with van der Waals surface area (Å²) >= 11 is 0. The number of pyridine rings is 2. The van der Waals surface area contributed by atoms with Crippen molar-refractivity contribution in [3.8, 4) is 28.3 Å². The van der Waals surface area contributed by atoms with Gasteiger partial charge in [0.05, 0.1) is 23.5 Å². The van der Waals surface area contributed by atoms with Crippen molar-refractivity contribution in [3.05, 3.63) is 78.9 Å². The molecule has 0 aliphatic carbocycles. The molecule has 0 fully saturated rings. The molecule has 0 bridgehead atoms. The lowest BCUT2D eigenvalue weighted by molar-refractivity contribution is -0.113. The minimum Gasteiger partial charge on any atom is -0.335 e. The summed E-state index contributed by atoms with van der Waals surface area (Å²) in [5.74, 6) is -0.114. The number of rotatable bonds is 6. The molecule has 4 aromatic rings. The number of amides is 1. The van der Waals surface area contributed by atoms with Gasteiger partial charge in [-0.05, 0) is 43.9 Å². The van der Waals surface area contributed by atoms with Gasteiger partial charge in [-0.25, -0.2) is 4.98 Å². The third-order valence-electron chi connectivity index (χ3n) is 5.62. The lowest BCUT2D eigenvalue weighted by Crippen LogP contribution is -2.24. The van der Waals surface area contributed by atoms with Crippen LogP contribution in [0.4, 0.5) is 5.69 Å². The fraction of sp³-hybridized carbons (Fsp3) is 0.185. The molecule has 0 N–H and O–H groups in total. The van der Waals surface area contributed by atoms with Gasteiger partial charge in [0, 0.05) is 67.4 Å². The van der Waals surface area contributed by atoms with E-state index in [9.17, 15) is 10.1 Å². The number of benzene rings is 1. The Hall–Kier alpha value is -4.28. The van der Waals surface area contributed by atoms with E-state index in [0.717, 1.165) is 33.3 Å². The highest BCUT2D eigenvalue weighted by atomic mass is 16.2. The summed E-state index contributed by atoms with van der Waals surface area (Å²) in [5, 5.41) is 10.3. The number of nitrogens with zero attached hydrogens (tertiary/aromatic N) is 6. The molecule has 3 aromatic heterocycles. The zero-order valence-corrected chi connectivity index (χ0v) is 19.7. The molecule has 0 aliphatic rings. The molecule has 7 nitrogen and oxygen atoms in total. The lowest BCUT2D eigenvalue weighted by Gasteiger charge is -2.16. The summed E-state index contributed by atoms with van der Waals surface area (Å²) in [4.78, 5) is 25.2. The van der Waals surface area contributed by atoms with E-state index in [4.69, 9.17) is 0 Å². The first-order valence-electron chi connectivity index (χ1n) is 10.9. The van der Waals surface area contributed by atoms with Crippen LogP contribution in [0.5, 0.6) is 0 Å². The summed E-state index contributed by atoms with van der Waals surface area (Å²) < 4.78 is 1.98. The van der Waals surface area contributed by atoms with Crippen LogP contribution in [-0.2, 0) is 11.8 Å². The Morgan fingerprint density at radius 1 is 1.09 bits per heavy atom. The second-order valence-corrected chi connectivity index (χ2v) is 8.44. The number of hydrogen-bond acceptors (Lipinski definition) is 5. The third kappa shape index (κ3) is 4.72. The van der Waals surface area contributed by atoms with Crippen molar-refractivity contribution in [2.24, 2.45) is 7.05 Å². The van der Waals surface area contributed by atoms with Crippen LogP contribution in [0.15, 0.2) is 73.3 Å². The first-order valence-corrected chi connectivity index (χ1v) is 10.9. The largest absolute Gasteiger partial charge is 0.335 e. The SMILES string of the molecule is CN(C)C/C=C/C(=O)N(C)c1cncc(-c2cnc3c(c2)c(-c2cccc(C#N)c2)cn3C)c1. The lowest BCUT2D eigenvalue weighted by atomic mass is 10.0. The number of likely N-dealkylation sites (N-methyl/N-ethyl adjacent to an activating group) is 2. The van der Waals surface area contributed by atoms with E-state index in [-0.39, 0.29) is 5.91 Å². The molecule has 0 saturated carbocycles. The van der Waals surface area contributed by atoms with Crippen molar-refractivity contribution >= 4 is 22.6 Å². The number of aromatic nitrogens is 3. The van der Waals surface area contributed by atoms with Crippen LogP contribution in [0.2, 0.25) is 0 Å². The van der Waals surface area contributed by atoms with E-state index in [1.54, 1.807) is 36.5 Å². The van der Waals surface area contributed by atoms with Gasteiger partial charge in [-0.15, -0.1) is 0 Å². The van der Waals surface area contributed by atoms with Gasteiger partial charge in [-0.3, -0.25) is 9.78 Å². The Labute approximate surface area is 199 Å². The van der Waals surface area contributed by atoms with Gasteiger partial charge in [-0.2, -0.15) is 5.26 Å². The minimum absolute atomic E-state index is 0.114. The van der Waals surface area contributed by atoms with Crippen molar-refractivity contribution in [2.45, 2.75) is 0 Å². The summed E-state index contributed by atoms with van der Waals surface area (Å²) in [6.45, 7) is 0.695. The molecule has 3 heterocycles. The molecule has 1 aromatic carbocycles. The van der Waals surface area contributed by atoms with Gasteiger partial charge in [0.2, 0.25) is 5.91 Å². The molecule has 0 spiro atoms. The normalized spacial score (nSPS) is 11.3. The van der Waals surface area contributed by atoms with E-state index in [1.165, 1.54) is 0 Å². The van der Waals surface area contributed by atoms with E-state index in [2.05, 4.69) is 22.1 Å². The van der Waals surface area contributed by atoms with Crippen LogP contribution in [0.25, 0.3) is 33.3 Å². The number of hydrogen-bond donors (Lipinski definition) is 0. The molecular formula is C27H26N6O. The second-order valence-electron chi connectivity index (χ2n) is 8.44. The predicted octanol–water partition coefficient (Wildman–Crippen LogP) is 4.25. The molecule has 0 radical (unpaired) electrons. The zero-order valence-electron chi connectivity index (χ0n) is 19.7. The monoisotopic (exact) mass is 450 g/mol. The van der Waals surface area contributed by atoms with Gasteiger partial charge in [0.15, 0.2) is 0 Å². The highest BCUT2D eigenvalue weighted by Gasteiger charge is 2.14. The van der Waals surface area contributed by atoms with E-state index >= 15 is 0 Å². The number of carbonyl (C=O) groups excluding carboxylic acids is 1. The smallest absolute Gasteiger partial charge is 0.250 e. The predicted molar refractivity (Wildman–Crippen MR) is 135 cm³/mol. The number of fused-ring (bicyclic) bond motifs is 1. The highest BCUT2D eigenvalue weighted by molar-refractivity contribution is 6.01. The Bertz CT molecular complexity index is 1430. The molecule has 0 atom stereocenters. The number of nitriles is 1. The van der Waals surface area contributed by atoms with Crippen molar-refractivity contribution in [1.82, 2.24) is 19.4 Å². The standard InChI is InChI=1S/C27H26N6O/c1-31(2)10-6-9-26(34)33(4)23-12-21(15-29-17-23)22-13-24-25(18-32(3)27(24)30-16-22)20-8-5-7-19(11-20)14-28/h5-9,11-13,15-18H,10H2,1-4H3/b9-6+. The average molecular weight is 451 g/mol. The molecule has 0 unspecified atom stereocenters. The van der Waals surface area contributed by atoms with Gasteiger partial charge in [-0.1, -0.05) is 18.2 Å². The third-order valence-corrected chi connectivity index (χ3v) is 5.62. The Kier molecular flexibility index (Phi) is 6.53. The quantitative estimate of drug-likeness (QED) is 0.410. The van der Waals surface area contributed by atoms with E-state index < -0.39 is 0 Å². The van der Waals surface area contributed by atoms with Gasteiger partial charge in [0.1, 0.15) is 5.65 Å². The van der Waals surface area contributed by atoms with Crippen molar-refractivity contribution < 1.29 is 4.79 Å². The van der Waals surface area contributed by atoms with Crippen molar-refractivity contribution in [1.29, 1.82) is 5.26 Å². The van der Waals surface area contributed by atoms with Gasteiger partial charge in [0.25, 0.3) is 0 Å². The molecule has 34 heavy (non-hydrogen) atoms. The maximum absolute atomic E-state index is 12.6. The Balaban J connectivity index is 1.70. The molecule has 1 amide bonds. The number of carbonyl (C=O) groups is 1. The summed E-state index contributed by atoms with van der Waals surface area (Å²) in [6.07, 6.45) is 10.7. The number of aryl methyl sites for hydroxylation is 1. The van der Waals surface area contributed by atoms with Crippen LogP contribution in [-0.4, -0.2) is 53.0 Å². The van der Waals surface area contributed by atoms with Gasteiger partial charge >= 0.3 is 0 Å².